The lowest BCUT2D eigenvalue weighted by Crippen LogP contribution is -2.13. The molecule has 1 heterocycles. The van der Waals surface area contributed by atoms with Crippen LogP contribution in [-0.2, 0) is 10.0 Å². The highest BCUT2D eigenvalue weighted by Gasteiger charge is 2.15. The van der Waals surface area contributed by atoms with Gasteiger partial charge in [0.25, 0.3) is 10.0 Å². The van der Waals surface area contributed by atoms with Crippen molar-refractivity contribution in [3.8, 4) is 5.69 Å². The summed E-state index contributed by atoms with van der Waals surface area (Å²) in [5.74, 6) is -0.437. The average molecular weight is 331 g/mol. The first kappa shape index (κ1) is 15.2. The Balaban J connectivity index is 1.84. The van der Waals surface area contributed by atoms with E-state index >= 15 is 0 Å². The van der Waals surface area contributed by atoms with Gasteiger partial charge >= 0.3 is 0 Å². The summed E-state index contributed by atoms with van der Waals surface area (Å²) in [6.07, 6.45) is 3.45. The summed E-state index contributed by atoms with van der Waals surface area (Å²) in [5, 5.41) is 4.10. The summed E-state index contributed by atoms with van der Waals surface area (Å²) in [4.78, 5) is 0.0209. The van der Waals surface area contributed by atoms with Gasteiger partial charge in [-0.15, -0.1) is 0 Å². The van der Waals surface area contributed by atoms with Gasteiger partial charge in [-0.3, -0.25) is 4.72 Å². The van der Waals surface area contributed by atoms with Gasteiger partial charge in [0.2, 0.25) is 0 Å². The minimum Gasteiger partial charge on any atom is -0.280 e. The lowest BCUT2D eigenvalue weighted by molar-refractivity contribution is 0.598. The number of aromatic nitrogens is 2. The van der Waals surface area contributed by atoms with Gasteiger partial charge in [0.05, 0.1) is 10.6 Å². The van der Waals surface area contributed by atoms with Crippen LogP contribution in [0.4, 0.5) is 10.1 Å². The number of nitrogens with one attached hydrogen (secondary N) is 1. The van der Waals surface area contributed by atoms with Crippen molar-refractivity contribution < 1.29 is 12.8 Å². The van der Waals surface area contributed by atoms with E-state index in [1.807, 2.05) is 0 Å². The Bertz CT molecular complexity index is 920. The molecule has 5 nitrogen and oxygen atoms in total. The monoisotopic (exact) mass is 331 g/mol. The zero-order valence-corrected chi connectivity index (χ0v) is 13.1. The number of halogens is 1. The van der Waals surface area contributed by atoms with Crippen LogP contribution in [0.2, 0.25) is 0 Å². The Labute approximate surface area is 133 Å². The van der Waals surface area contributed by atoms with Gasteiger partial charge in [-0.25, -0.2) is 17.5 Å². The molecule has 0 saturated carbocycles. The SMILES string of the molecule is Cc1cc(S(=O)(=O)Nc2ccc(-n3cccn3)cc2)ccc1F. The smallest absolute Gasteiger partial charge is 0.261 e. The van der Waals surface area contributed by atoms with Gasteiger partial charge < -0.3 is 0 Å². The van der Waals surface area contributed by atoms with E-state index in [2.05, 4.69) is 9.82 Å². The quantitative estimate of drug-likeness (QED) is 0.799. The Morgan fingerprint density at radius 3 is 2.48 bits per heavy atom. The molecule has 0 atom stereocenters. The maximum Gasteiger partial charge on any atom is 0.261 e. The molecule has 0 saturated heterocycles. The predicted octanol–water partition coefficient (Wildman–Crippen LogP) is 3.12. The minimum atomic E-state index is -3.76. The Morgan fingerprint density at radius 1 is 1.13 bits per heavy atom. The van der Waals surface area contributed by atoms with Crippen LogP contribution < -0.4 is 4.72 Å². The van der Waals surface area contributed by atoms with Crippen molar-refractivity contribution in [1.82, 2.24) is 9.78 Å². The molecule has 0 bridgehead atoms. The lowest BCUT2D eigenvalue weighted by Gasteiger charge is -2.10. The Hall–Kier alpha value is -2.67. The molecule has 23 heavy (non-hydrogen) atoms. The van der Waals surface area contributed by atoms with Crippen molar-refractivity contribution in [2.24, 2.45) is 0 Å². The highest BCUT2D eigenvalue weighted by atomic mass is 32.2. The van der Waals surface area contributed by atoms with E-state index in [4.69, 9.17) is 0 Å². The summed E-state index contributed by atoms with van der Waals surface area (Å²) in [6.45, 7) is 1.52. The first-order chi connectivity index (χ1) is 11.0. The molecule has 0 aliphatic heterocycles. The fraction of sp³-hybridized carbons (Fsp3) is 0.0625. The van der Waals surface area contributed by atoms with Gasteiger partial charge in [0, 0.05) is 18.1 Å². The third-order valence-corrected chi connectivity index (χ3v) is 4.71. The second-order valence-corrected chi connectivity index (χ2v) is 6.70. The van der Waals surface area contributed by atoms with Crippen molar-refractivity contribution in [3.05, 3.63) is 72.3 Å². The number of hydrogen-bond acceptors (Lipinski definition) is 3. The molecule has 2 aromatic carbocycles. The molecule has 3 aromatic rings. The van der Waals surface area contributed by atoms with Gasteiger partial charge in [-0.05, 0) is 61.0 Å². The molecule has 1 N–H and O–H groups in total. The van der Waals surface area contributed by atoms with Crippen LogP contribution in [0.25, 0.3) is 5.69 Å². The lowest BCUT2D eigenvalue weighted by atomic mass is 10.2. The normalized spacial score (nSPS) is 11.4. The van der Waals surface area contributed by atoms with Crippen LogP contribution >= 0.6 is 0 Å². The number of aryl methyl sites for hydroxylation is 1. The zero-order valence-electron chi connectivity index (χ0n) is 12.3. The van der Waals surface area contributed by atoms with E-state index < -0.39 is 15.8 Å². The molecule has 1 aromatic heterocycles. The summed E-state index contributed by atoms with van der Waals surface area (Å²) >= 11 is 0. The van der Waals surface area contributed by atoms with Crippen LogP contribution in [0.1, 0.15) is 5.56 Å². The van der Waals surface area contributed by atoms with E-state index in [9.17, 15) is 12.8 Å². The van der Waals surface area contributed by atoms with Gasteiger partial charge in [-0.1, -0.05) is 0 Å². The second kappa shape index (κ2) is 5.85. The van der Waals surface area contributed by atoms with Crippen LogP contribution in [0.3, 0.4) is 0 Å². The second-order valence-electron chi connectivity index (χ2n) is 5.01. The van der Waals surface area contributed by atoms with Crippen molar-refractivity contribution >= 4 is 15.7 Å². The van der Waals surface area contributed by atoms with Crippen LogP contribution in [0.5, 0.6) is 0 Å². The molecular weight excluding hydrogens is 317 g/mol. The Kier molecular flexibility index (Phi) is 3.87. The number of sulfonamides is 1. The van der Waals surface area contributed by atoms with Crippen LogP contribution in [0, 0.1) is 12.7 Å². The first-order valence-electron chi connectivity index (χ1n) is 6.85. The highest BCUT2D eigenvalue weighted by molar-refractivity contribution is 7.92. The number of benzene rings is 2. The van der Waals surface area contributed by atoms with Crippen LogP contribution in [0.15, 0.2) is 65.8 Å². The van der Waals surface area contributed by atoms with Gasteiger partial charge in [0.15, 0.2) is 0 Å². The fourth-order valence-electron chi connectivity index (χ4n) is 2.10. The average Bonchev–Trinajstić information content (AvgIpc) is 3.04. The summed E-state index contributed by atoms with van der Waals surface area (Å²) < 4.78 is 42.1. The van der Waals surface area contributed by atoms with E-state index in [-0.39, 0.29) is 10.5 Å². The van der Waals surface area contributed by atoms with E-state index in [1.165, 1.54) is 19.1 Å². The minimum absolute atomic E-state index is 0.0209. The highest BCUT2D eigenvalue weighted by Crippen LogP contribution is 2.19. The zero-order chi connectivity index (χ0) is 16.4. The van der Waals surface area contributed by atoms with Gasteiger partial charge in [-0.2, -0.15) is 5.10 Å². The largest absolute Gasteiger partial charge is 0.280 e. The molecule has 0 unspecified atom stereocenters. The van der Waals surface area contributed by atoms with Crippen molar-refractivity contribution in [3.63, 3.8) is 0 Å². The maximum atomic E-state index is 13.3. The molecular formula is C16H14FN3O2S. The number of anilines is 1. The summed E-state index contributed by atoms with van der Waals surface area (Å²) in [7, 11) is -3.76. The summed E-state index contributed by atoms with van der Waals surface area (Å²) in [6, 6.07) is 12.3. The van der Waals surface area contributed by atoms with E-state index in [0.717, 1.165) is 11.8 Å². The third kappa shape index (κ3) is 3.24. The molecule has 3 rings (SSSR count). The third-order valence-electron chi connectivity index (χ3n) is 3.33. The van der Waals surface area contributed by atoms with Crippen LogP contribution in [-0.4, -0.2) is 18.2 Å². The van der Waals surface area contributed by atoms with E-state index in [0.29, 0.717) is 5.69 Å². The number of rotatable bonds is 4. The molecule has 0 fully saturated rings. The molecule has 0 amide bonds. The molecule has 118 valence electrons. The molecule has 0 radical (unpaired) electrons. The van der Waals surface area contributed by atoms with E-state index in [1.54, 1.807) is 47.4 Å². The standard InChI is InChI=1S/C16H14FN3O2S/c1-12-11-15(7-8-16(12)17)23(21,22)19-13-3-5-14(6-4-13)20-10-2-9-18-20/h2-11,19H,1H3. The molecule has 0 spiro atoms. The molecule has 0 aliphatic rings. The fourth-order valence-corrected chi connectivity index (χ4v) is 3.25. The molecule has 0 aliphatic carbocycles. The van der Waals surface area contributed by atoms with Gasteiger partial charge in [0.1, 0.15) is 5.82 Å². The summed E-state index contributed by atoms with van der Waals surface area (Å²) in [5.41, 5.74) is 1.51. The molecule has 7 heteroatoms. The maximum absolute atomic E-state index is 13.3. The van der Waals surface area contributed by atoms with Crippen molar-refractivity contribution in [2.75, 3.05) is 4.72 Å². The first-order valence-corrected chi connectivity index (χ1v) is 8.33. The topological polar surface area (TPSA) is 64.0 Å². The number of hydrogen-bond donors (Lipinski definition) is 1. The van der Waals surface area contributed by atoms with Crippen molar-refractivity contribution in [1.29, 1.82) is 0 Å². The Morgan fingerprint density at radius 2 is 1.87 bits per heavy atom. The number of nitrogens with zero attached hydrogens (tertiary/aromatic N) is 2. The predicted molar refractivity (Wildman–Crippen MR) is 85.5 cm³/mol. The van der Waals surface area contributed by atoms with Crippen molar-refractivity contribution in [2.45, 2.75) is 11.8 Å².